The van der Waals surface area contributed by atoms with Gasteiger partial charge in [-0.25, -0.2) is 0 Å². The molecule has 1 aliphatic carbocycles. The van der Waals surface area contributed by atoms with Crippen LogP contribution in [0.25, 0.3) is 0 Å². The minimum Gasteiger partial charge on any atom is -0.347 e. The lowest BCUT2D eigenvalue weighted by atomic mass is 9.95. The van der Waals surface area contributed by atoms with Crippen LogP contribution >= 0.6 is 15.9 Å². The molecule has 1 saturated carbocycles. The van der Waals surface area contributed by atoms with E-state index in [1.165, 1.54) is 12.8 Å². The van der Waals surface area contributed by atoms with Crippen LogP contribution in [0.1, 0.15) is 48.8 Å². The number of carbonyl (C=O) groups excluding carboxylic acids is 1. The van der Waals surface area contributed by atoms with Crippen molar-refractivity contribution in [2.75, 3.05) is 0 Å². The number of nitrogens with one attached hydrogen (secondary N) is 1. The minimum atomic E-state index is -0.0129. The molecule has 0 aliphatic heterocycles. The van der Waals surface area contributed by atoms with Crippen LogP contribution in [0.4, 0.5) is 0 Å². The maximum atomic E-state index is 12.2. The maximum Gasteiger partial charge on any atom is 0.269 e. The van der Waals surface area contributed by atoms with E-state index in [4.69, 9.17) is 0 Å². The van der Waals surface area contributed by atoms with Crippen LogP contribution in [-0.2, 0) is 13.5 Å². The standard InChI is InChI=1S/C13H20BrN3O/c1-3-9-8-12(17(2)16-9)13(18)15-11-7-5-4-6-10(11)14/h8,10-11H,3-7H2,1-2H3,(H,15,18). The summed E-state index contributed by atoms with van der Waals surface area (Å²) >= 11 is 3.66. The topological polar surface area (TPSA) is 46.9 Å². The molecule has 1 heterocycles. The number of carbonyl (C=O) groups is 1. The Morgan fingerprint density at radius 1 is 1.56 bits per heavy atom. The van der Waals surface area contributed by atoms with E-state index in [0.29, 0.717) is 10.5 Å². The number of halogens is 1. The zero-order valence-corrected chi connectivity index (χ0v) is 12.5. The highest BCUT2D eigenvalue weighted by atomic mass is 79.9. The molecule has 1 aliphatic rings. The van der Waals surface area contributed by atoms with E-state index < -0.39 is 0 Å². The molecule has 0 radical (unpaired) electrons. The largest absolute Gasteiger partial charge is 0.347 e. The van der Waals surface area contributed by atoms with Gasteiger partial charge in [-0.2, -0.15) is 5.10 Å². The van der Waals surface area contributed by atoms with Crippen molar-refractivity contribution in [1.82, 2.24) is 15.1 Å². The molecule has 0 spiro atoms. The summed E-state index contributed by atoms with van der Waals surface area (Å²) in [5.74, 6) is -0.0129. The van der Waals surface area contributed by atoms with Crippen molar-refractivity contribution in [2.45, 2.75) is 49.9 Å². The first kappa shape index (κ1) is 13.6. The van der Waals surface area contributed by atoms with Gasteiger partial charge in [-0.1, -0.05) is 35.7 Å². The third kappa shape index (κ3) is 2.94. The van der Waals surface area contributed by atoms with Crippen molar-refractivity contribution < 1.29 is 4.79 Å². The van der Waals surface area contributed by atoms with Crippen LogP contribution in [0, 0.1) is 0 Å². The molecule has 2 rings (SSSR count). The molecule has 5 heteroatoms. The van der Waals surface area contributed by atoms with Crippen LogP contribution < -0.4 is 5.32 Å². The molecule has 18 heavy (non-hydrogen) atoms. The molecule has 1 aromatic rings. The molecular weight excluding hydrogens is 294 g/mol. The molecule has 1 amide bonds. The third-order valence-electron chi connectivity index (χ3n) is 3.52. The second-order valence-electron chi connectivity index (χ2n) is 4.88. The van der Waals surface area contributed by atoms with Crippen molar-refractivity contribution >= 4 is 21.8 Å². The summed E-state index contributed by atoms with van der Waals surface area (Å²) in [4.78, 5) is 12.6. The molecule has 4 nitrogen and oxygen atoms in total. The normalized spacial score (nSPS) is 23.9. The van der Waals surface area contributed by atoms with Gasteiger partial charge in [0.1, 0.15) is 5.69 Å². The molecule has 2 unspecified atom stereocenters. The van der Waals surface area contributed by atoms with E-state index in [2.05, 4.69) is 26.3 Å². The molecule has 1 fully saturated rings. The van der Waals surface area contributed by atoms with Crippen LogP contribution in [0.15, 0.2) is 6.07 Å². The smallest absolute Gasteiger partial charge is 0.269 e. The van der Waals surface area contributed by atoms with Crippen molar-refractivity contribution in [3.8, 4) is 0 Å². The van der Waals surface area contributed by atoms with E-state index in [1.807, 2.05) is 20.0 Å². The first-order chi connectivity index (χ1) is 8.61. The van der Waals surface area contributed by atoms with Gasteiger partial charge >= 0.3 is 0 Å². The van der Waals surface area contributed by atoms with Gasteiger partial charge in [0.05, 0.1) is 5.69 Å². The number of aryl methyl sites for hydroxylation is 2. The predicted molar refractivity (Wildman–Crippen MR) is 75.0 cm³/mol. The van der Waals surface area contributed by atoms with Gasteiger partial charge in [-0.3, -0.25) is 9.48 Å². The molecule has 0 aromatic carbocycles. The monoisotopic (exact) mass is 313 g/mol. The van der Waals surface area contributed by atoms with Crippen LogP contribution in [0.3, 0.4) is 0 Å². The lowest BCUT2D eigenvalue weighted by Gasteiger charge is -2.28. The van der Waals surface area contributed by atoms with Gasteiger partial charge in [0.25, 0.3) is 5.91 Å². The van der Waals surface area contributed by atoms with Crippen LogP contribution in [0.5, 0.6) is 0 Å². The van der Waals surface area contributed by atoms with Gasteiger partial charge in [0, 0.05) is 17.9 Å². The third-order valence-corrected chi connectivity index (χ3v) is 4.62. The van der Waals surface area contributed by atoms with Crippen LogP contribution in [-0.4, -0.2) is 26.6 Å². The zero-order chi connectivity index (χ0) is 13.1. The second-order valence-corrected chi connectivity index (χ2v) is 6.05. The summed E-state index contributed by atoms with van der Waals surface area (Å²) < 4.78 is 1.67. The molecule has 1 N–H and O–H groups in total. The average Bonchev–Trinajstić information content (AvgIpc) is 2.73. The number of hydrogen-bond donors (Lipinski definition) is 1. The molecule has 0 bridgehead atoms. The van der Waals surface area contributed by atoms with Crippen molar-refractivity contribution in [3.05, 3.63) is 17.5 Å². The van der Waals surface area contributed by atoms with Gasteiger partial charge in [-0.05, 0) is 25.3 Å². The fourth-order valence-corrected chi connectivity index (χ4v) is 3.12. The SMILES string of the molecule is CCc1cc(C(=O)NC2CCCCC2Br)n(C)n1. The molecule has 0 saturated heterocycles. The Labute approximate surface area is 116 Å². The molecule has 100 valence electrons. The van der Waals surface area contributed by atoms with Gasteiger partial charge in [0.15, 0.2) is 0 Å². The highest BCUT2D eigenvalue weighted by Gasteiger charge is 2.25. The van der Waals surface area contributed by atoms with E-state index in [1.54, 1.807) is 4.68 Å². The molecule has 2 atom stereocenters. The van der Waals surface area contributed by atoms with Crippen LogP contribution in [0.2, 0.25) is 0 Å². The first-order valence-corrected chi connectivity index (χ1v) is 7.51. The van der Waals surface area contributed by atoms with Crippen molar-refractivity contribution in [2.24, 2.45) is 7.05 Å². The van der Waals surface area contributed by atoms with Crippen molar-refractivity contribution in [3.63, 3.8) is 0 Å². The number of rotatable bonds is 3. The maximum absolute atomic E-state index is 12.2. The number of amides is 1. The predicted octanol–water partition coefficient (Wildman–Crippen LogP) is 2.42. The quantitative estimate of drug-likeness (QED) is 0.871. The summed E-state index contributed by atoms with van der Waals surface area (Å²) in [5.41, 5.74) is 1.61. The fraction of sp³-hybridized carbons (Fsp3) is 0.692. The number of nitrogens with zero attached hydrogens (tertiary/aromatic N) is 2. The highest BCUT2D eigenvalue weighted by molar-refractivity contribution is 9.09. The Morgan fingerprint density at radius 3 is 2.89 bits per heavy atom. The van der Waals surface area contributed by atoms with Crippen molar-refractivity contribution in [1.29, 1.82) is 0 Å². The second kappa shape index (κ2) is 5.87. The van der Waals surface area contributed by atoms with E-state index in [0.717, 1.165) is 25.0 Å². The summed E-state index contributed by atoms with van der Waals surface area (Å²) in [6.45, 7) is 2.04. The number of alkyl halides is 1. The van der Waals surface area contributed by atoms with E-state index in [-0.39, 0.29) is 11.9 Å². The average molecular weight is 314 g/mol. The Bertz CT molecular complexity index is 430. The fourth-order valence-electron chi connectivity index (χ4n) is 2.40. The summed E-state index contributed by atoms with van der Waals surface area (Å²) in [6.07, 6.45) is 5.48. The Morgan fingerprint density at radius 2 is 2.28 bits per heavy atom. The Hall–Kier alpha value is -0.840. The first-order valence-electron chi connectivity index (χ1n) is 6.59. The lowest BCUT2D eigenvalue weighted by molar-refractivity contribution is 0.0920. The summed E-state index contributed by atoms with van der Waals surface area (Å²) in [7, 11) is 1.82. The van der Waals surface area contributed by atoms with Gasteiger partial charge in [0.2, 0.25) is 0 Å². The number of aromatic nitrogens is 2. The van der Waals surface area contributed by atoms with Gasteiger partial charge < -0.3 is 5.32 Å². The molecule has 1 aromatic heterocycles. The Balaban J connectivity index is 2.04. The van der Waals surface area contributed by atoms with E-state index >= 15 is 0 Å². The highest BCUT2D eigenvalue weighted by Crippen LogP contribution is 2.24. The summed E-state index contributed by atoms with van der Waals surface area (Å²) in [6, 6.07) is 2.12. The van der Waals surface area contributed by atoms with Gasteiger partial charge in [-0.15, -0.1) is 0 Å². The minimum absolute atomic E-state index is 0.0129. The lowest BCUT2D eigenvalue weighted by Crippen LogP contribution is -2.43. The van der Waals surface area contributed by atoms with E-state index in [9.17, 15) is 4.79 Å². The zero-order valence-electron chi connectivity index (χ0n) is 10.9. The molecular formula is C13H20BrN3O. The Kier molecular flexibility index (Phi) is 4.43. The summed E-state index contributed by atoms with van der Waals surface area (Å²) in [5, 5.41) is 7.42. The number of hydrogen-bond acceptors (Lipinski definition) is 2.